The van der Waals surface area contributed by atoms with Crippen LogP contribution in [0.15, 0.2) is 82.6 Å². The highest BCUT2D eigenvalue weighted by Gasteiger charge is 2.14. The van der Waals surface area contributed by atoms with Gasteiger partial charge in [-0.2, -0.15) is 5.26 Å². The molecule has 0 N–H and O–H groups in total. The van der Waals surface area contributed by atoms with E-state index in [0.717, 1.165) is 16.0 Å². The second-order valence-corrected chi connectivity index (χ2v) is 8.16. The Hall–Kier alpha value is -3.89. The number of nitriles is 1. The fourth-order valence-corrected chi connectivity index (χ4v) is 4.19. The van der Waals surface area contributed by atoms with Gasteiger partial charge in [0, 0.05) is 22.9 Å². The monoisotopic (exact) mass is 441 g/mol. The van der Waals surface area contributed by atoms with Gasteiger partial charge in [0.05, 0.1) is 22.9 Å². The van der Waals surface area contributed by atoms with Gasteiger partial charge < -0.3 is 4.74 Å². The molecule has 32 heavy (non-hydrogen) atoms. The fraction of sp³-hybridized carbons (Fsp3) is 0.120. The van der Waals surface area contributed by atoms with Crippen molar-refractivity contribution < 1.29 is 9.53 Å². The van der Waals surface area contributed by atoms with Crippen molar-refractivity contribution in [3.05, 3.63) is 111 Å². The van der Waals surface area contributed by atoms with Crippen LogP contribution in [-0.2, 0) is 17.1 Å². The first-order valence-corrected chi connectivity index (χ1v) is 10.9. The van der Waals surface area contributed by atoms with Crippen molar-refractivity contribution in [2.45, 2.75) is 24.2 Å². The van der Waals surface area contributed by atoms with Crippen molar-refractivity contribution in [1.29, 1.82) is 5.26 Å². The molecule has 0 unspecified atom stereocenters. The second kappa shape index (κ2) is 9.50. The van der Waals surface area contributed by atoms with Gasteiger partial charge in [0.25, 0.3) is 5.56 Å². The molecule has 6 nitrogen and oxygen atoms in total. The first-order chi connectivity index (χ1) is 15.5. The van der Waals surface area contributed by atoms with Crippen molar-refractivity contribution >= 4 is 23.4 Å². The lowest BCUT2D eigenvalue weighted by Crippen LogP contribution is -2.17. The Morgan fingerprint density at radius 1 is 1.12 bits per heavy atom. The van der Waals surface area contributed by atoms with E-state index in [4.69, 9.17) is 10.00 Å². The van der Waals surface area contributed by atoms with Crippen LogP contribution in [-0.4, -0.2) is 15.4 Å². The van der Waals surface area contributed by atoms with Crippen LogP contribution in [0, 0.1) is 18.3 Å². The zero-order valence-electron chi connectivity index (χ0n) is 17.3. The number of hydrogen-bond acceptors (Lipinski definition) is 6. The van der Waals surface area contributed by atoms with E-state index in [1.54, 1.807) is 36.5 Å². The molecule has 0 spiro atoms. The van der Waals surface area contributed by atoms with Crippen LogP contribution < -0.4 is 5.56 Å². The Labute approximate surface area is 189 Å². The predicted molar refractivity (Wildman–Crippen MR) is 122 cm³/mol. The molecule has 0 saturated heterocycles. The van der Waals surface area contributed by atoms with Gasteiger partial charge in [0.1, 0.15) is 12.3 Å². The predicted octanol–water partition coefficient (Wildman–Crippen LogP) is 4.52. The molecule has 158 valence electrons. The number of thioether (sulfide) groups is 1. The number of nitrogens with zero attached hydrogens (tertiary/aromatic N) is 3. The summed E-state index contributed by atoms with van der Waals surface area (Å²) in [6.45, 7) is 1.78. The van der Waals surface area contributed by atoms with Crippen LogP contribution in [0.2, 0.25) is 0 Å². The highest BCUT2D eigenvalue weighted by atomic mass is 32.2. The molecule has 0 fully saturated rings. The van der Waals surface area contributed by atoms with E-state index >= 15 is 0 Å². The number of carbonyl (C=O) groups excluding carboxylic acids is 1. The van der Waals surface area contributed by atoms with Crippen LogP contribution in [0.4, 0.5) is 0 Å². The first-order valence-electron chi connectivity index (χ1n) is 9.91. The molecular formula is C25H19N3O3S. The Balaban J connectivity index is 1.47. The summed E-state index contributed by atoms with van der Waals surface area (Å²) in [5.41, 5.74) is 3.71. The molecule has 0 aliphatic carbocycles. The van der Waals surface area contributed by atoms with Crippen LogP contribution in [0.5, 0.6) is 0 Å². The minimum absolute atomic E-state index is 0.0898. The number of benzene rings is 2. The maximum atomic E-state index is 12.8. The van der Waals surface area contributed by atoms with Gasteiger partial charge in [-0.1, -0.05) is 30.3 Å². The number of esters is 1. The summed E-state index contributed by atoms with van der Waals surface area (Å²) in [7, 11) is 0. The van der Waals surface area contributed by atoms with Crippen molar-refractivity contribution in [2.75, 3.05) is 0 Å². The van der Waals surface area contributed by atoms with Crippen molar-refractivity contribution in [3.63, 3.8) is 0 Å². The highest BCUT2D eigenvalue weighted by molar-refractivity contribution is 7.98. The molecule has 4 rings (SSSR count). The quantitative estimate of drug-likeness (QED) is 0.323. The van der Waals surface area contributed by atoms with Gasteiger partial charge >= 0.3 is 5.97 Å². The van der Waals surface area contributed by atoms with Crippen LogP contribution in [0.25, 0.3) is 5.65 Å². The van der Waals surface area contributed by atoms with Crippen molar-refractivity contribution in [1.82, 2.24) is 9.38 Å². The third-order valence-corrected chi connectivity index (χ3v) is 6.02. The molecule has 0 bridgehead atoms. The number of carbonyl (C=O) groups is 1. The number of aromatic nitrogens is 2. The SMILES string of the molecule is Cc1cccn2c(=O)cc(COC(=O)c3ccccc3SCc3ccc(C#N)cc3)nc12. The number of pyridine rings is 1. The van der Waals surface area contributed by atoms with Crippen LogP contribution in [0.3, 0.4) is 0 Å². The number of aryl methyl sites for hydroxylation is 1. The van der Waals surface area contributed by atoms with E-state index in [0.29, 0.717) is 28.2 Å². The molecule has 4 aromatic rings. The van der Waals surface area contributed by atoms with E-state index < -0.39 is 5.97 Å². The lowest BCUT2D eigenvalue weighted by Gasteiger charge is -2.10. The molecule has 0 aliphatic heterocycles. The molecule has 2 aromatic heterocycles. The van der Waals surface area contributed by atoms with Gasteiger partial charge in [-0.15, -0.1) is 11.8 Å². The van der Waals surface area contributed by atoms with Crippen molar-refractivity contribution in [3.8, 4) is 6.07 Å². The van der Waals surface area contributed by atoms with Crippen LogP contribution in [0.1, 0.15) is 32.7 Å². The molecule has 7 heteroatoms. The molecule has 0 amide bonds. The second-order valence-electron chi connectivity index (χ2n) is 7.14. The third kappa shape index (κ3) is 4.71. The van der Waals surface area contributed by atoms with Gasteiger partial charge in [0.2, 0.25) is 0 Å². The summed E-state index contributed by atoms with van der Waals surface area (Å²) >= 11 is 1.52. The molecule has 2 aromatic carbocycles. The zero-order valence-corrected chi connectivity index (χ0v) is 18.1. The van der Waals surface area contributed by atoms with E-state index in [1.165, 1.54) is 22.2 Å². The summed E-state index contributed by atoms with van der Waals surface area (Å²) in [6, 6.07) is 21.7. The number of hydrogen-bond donors (Lipinski definition) is 0. The Kier molecular flexibility index (Phi) is 6.34. The minimum Gasteiger partial charge on any atom is -0.456 e. The molecule has 2 heterocycles. The summed E-state index contributed by atoms with van der Waals surface area (Å²) in [4.78, 5) is 30.4. The number of fused-ring (bicyclic) bond motifs is 1. The number of ether oxygens (including phenoxy) is 1. The topological polar surface area (TPSA) is 84.5 Å². The summed E-state index contributed by atoms with van der Waals surface area (Å²) in [5.74, 6) is 0.179. The summed E-state index contributed by atoms with van der Waals surface area (Å²) in [5, 5.41) is 8.92. The molecule has 0 aliphatic rings. The molecule has 0 radical (unpaired) electrons. The van der Waals surface area contributed by atoms with Gasteiger partial charge in [-0.05, 0) is 48.4 Å². The van der Waals surface area contributed by atoms with Gasteiger partial charge in [-0.3, -0.25) is 9.20 Å². The Bertz CT molecular complexity index is 1390. The smallest absolute Gasteiger partial charge is 0.339 e. The van der Waals surface area contributed by atoms with E-state index in [9.17, 15) is 9.59 Å². The summed E-state index contributed by atoms with van der Waals surface area (Å²) < 4.78 is 6.95. The average molecular weight is 442 g/mol. The fourth-order valence-electron chi connectivity index (χ4n) is 3.20. The van der Waals surface area contributed by atoms with Crippen LogP contribution >= 0.6 is 11.8 Å². The van der Waals surface area contributed by atoms with Crippen molar-refractivity contribution in [2.24, 2.45) is 0 Å². The largest absolute Gasteiger partial charge is 0.456 e. The first kappa shape index (κ1) is 21.3. The van der Waals surface area contributed by atoms with E-state index in [-0.39, 0.29) is 12.2 Å². The van der Waals surface area contributed by atoms with Gasteiger partial charge in [-0.25, -0.2) is 9.78 Å². The Morgan fingerprint density at radius 2 is 1.91 bits per heavy atom. The van der Waals surface area contributed by atoms with E-state index in [1.807, 2.05) is 37.3 Å². The maximum absolute atomic E-state index is 12.8. The normalized spacial score (nSPS) is 10.6. The third-order valence-electron chi connectivity index (χ3n) is 4.87. The maximum Gasteiger partial charge on any atom is 0.339 e. The van der Waals surface area contributed by atoms with E-state index in [2.05, 4.69) is 11.1 Å². The lowest BCUT2D eigenvalue weighted by atomic mass is 10.2. The zero-order chi connectivity index (χ0) is 22.5. The molecular weight excluding hydrogens is 422 g/mol. The molecule has 0 saturated carbocycles. The average Bonchev–Trinajstić information content (AvgIpc) is 2.82. The standard InChI is InChI=1S/C25H19N3O3S/c1-17-5-4-12-28-23(29)13-20(27-24(17)28)15-31-25(30)21-6-2-3-7-22(21)32-16-19-10-8-18(14-26)9-11-19/h2-13H,15-16H2,1H3. The van der Waals surface area contributed by atoms with Gasteiger partial charge in [0.15, 0.2) is 0 Å². The molecule has 0 atom stereocenters. The number of rotatable bonds is 6. The lowest BCUT2D eigenvalue weighted by molar-refractivity contribution is 0.0463. The Morgan fingerprint density at radius 3 is 2.69 bits per heavy atom. The highest BCUT2D eigenvalue weighted by Crippen LogP contribution is 2.27. The summed E-state index contributed by atoms with van der Waals surface area (Å²) in [6.07, 6.45) is 1.66. The minimum atomic E-state index is -0.472.